The van der Waals surface area contributed by atoms with Crippen LogP contribution in [0.25, 0.3) is 0 Å². The number of rotatable bonds is 4. The van der Waals surface area contributed by atoms with Crippen LogP contribution in [0.15, 0.2) is 34.9 Å². The molecule has 1 atom stereocenters. The van der Waals surface area contributed by atoms with E-state index in [0.717, 1.165) is 17.9 Å². The Labute approximate surface area is 106 Å². The highest BCUT2D eigenvalue weighted by molar-refractivity contribution is 6.28. The van der Waals surface area contributed by atoms with Gasteiger partial charge in [0.25, 0.3) is 0 Å². The van der Waals surface area contributed by atoms with Crippen molar-refractivity contribution in [2.75, 3.05) is 7.05 Å². The molecule has 1 unspecified atom stereocenters. The van der Waals surface area contributed by atoms with E-state index in [1.165, 1.54) is 5.56 Å². The molecular weight excluding hydrogens is 236 g/mol. The highest BCUT2D eigenvalue weighted by Gasteiger charge is 2.15. The fourth-order valence-corrected chi connectivity index (χ4v) is 1.94. The number of aromatic nitrogens is 1. The van der Waals surface area contributed by atoms with Gasteiger partial charge < -0.3 is 9.73 Å². The van der Waals surface area contributed by atoms with Gasteiger partial charge in [-0.1, -0.05) is 6.07 Å². The first-order chi connectivity index (χ1) is 8.20. The number of hydrogen-bond acceptors (Lipinski definition) is 3. The lowest BCUT2D eigenvalue weighted by molar-refractivity contribution is 0.428. The van der Waals surface area contributed by atoms with Crippen molar-refractivity contribution < 1.29 is 4.42 Å². The SMILES string of the molecule is CNC(Cc1ncccc1C)c1ccc(Cl)o1. The molecule has 0 aliphatic rings. The highest BCUT2D eigenvalue weighted by Crippen LogP contribution is 2.23. The van der Waals surface area contributed by atoms with Gasteiger partial charge in [0.05, 0.1) is 6.04 Å². The summed E-state index contributed by atoms with van der Waals surface area (Å²) in [7, 11) is 1.90. The minimum absolute atomic E-state index is 0.0936. The Balaban J connectivity index is 2.18. The summed E-state index contributed by atoms with van der Waals surface area (Å²) in [6.45, 7) is 2.06. The molecule has 90 valence electrons. The smallest absolute Gasteiger partial charge is 0.193 e. The molecule has 2 heterocycles. The van der Waals surface area contributed by atoms with Crippen LogP contribution in [0.3, 0.4) is 0 Å². The van der Waals surface area contributed by atoms with E-state index < -0.39 is 0 Å². The second-order valence-corrected chi connectivity index (χ2v) is 4.33. The zero-order chi connectivity index (χ0) is 12.3. The van der Waals surface area contributed by atoms with Gasteiger partial charge in [-0.2, -0.15) is 0 Å². The molecule has 2 rings (SSSR count). The van der Waals surface area contributed by atoms with Crippen molar-refractivity contribution in [1.82, 2.24) is 10.3 Å². The Morgan fingerprint density at radius 1 is 1.41 bits per heavy atom. The molecule has 0 aromatic carbocycles. The molecule has 4 heteroatoms. The lowest BCUT2D eigenvalue weighted by Crippen LogP contribution is -2.19. The second kappa shape index (κ2) is 5.34. The van der Waals surface area contributed by atoms with Crippen molar-refractivity contribution in [1.29, 1.82) is 0 Å². The van der Waals surface area contributed by atoms with Crippen LogP contribution < -0.4 is 5.32 Å². The van der Waals surface area contributed by atoms with Crippen LogP contribution in [0, 0.1) is 6.92 Å². The van der Waals surface area contributed by atoms with Crippen LogP contribution in [-0.2, 0) is 6.42 Å². The van der Waals surface area contributed by atoms with E-state index in [-0.39, 0.29) is 6.04 Å². The van der Waals surface area contributed by atoms with Crippen LogP contribution in [0.5, 0.6) is 0 Å². The summed E-state index contributed by atoms with van der Waals surface area (Å²) in [5.41, 5.74) is 2.25. The van der Waals surface area contributed by atoms with Crippen molar-refractivity contribution >= 4 is 11.6 Å². The van der Waals surface area contributed by atoms with Gasteiger partial charge >= 0.3 is 0 Å². The van der Waals surface area contributed by atoms with Crippen molar-refractivity contribution in [2.45, 2.75) is 19.4 Å². The maximum atomic E-state index is 5.79. The number of hydrogen-bond donors (Lipinski definition) is 1. The van der Waals surface area contributed by atoms with Gasteiger partial charge in [-0.25, -0.2) is 0 Å². The number of aryl methyl sites for hydroxylation is 1. The van der Waals surface area contributed by atoms with Gasteiger partial charge in [0.15, 0.2) is 5.22 Å². The maximum absolute atomic E-state index is 5.79. The van der Waals surface area contributed by atoms with Crippen LogP contribution in [0.1, 0.15) is 23.1 Å². The number of pyridine rings is 1. The van der Waals surface area contributed by atoms with Crippen LogP contribution in [0.2, 0.25) is 5.22 Å². The third kappa shape index (κ3) is 2.87. The van der Waals surface area contributed by atoms with Gasteiger partial charge in [-0.15, -0.1) is 0 Å². The zero-order valence-corrected chi connectivity index (χ0v) is 10.7. The van der Waals surface area contributed by atoms with Crippen molar-refractivity contribution in [3.63, 3.8) is 0 Å². The minimum atomic E-state index is 0.0936. The molecule has 2 aromatic rings. The normalized spacial score (nSPS) is 12.6. The minimum Gasteiger partial charge on any atom is -0.448 e. The molecule has 0 spiro atoms. The molecule has 0 saturated carbocycles. The predicted octanol–water partition coefficient (Wildman–Crippen LogP) is 3.14. The van der Waals surface area contributed by atoms with E-state index in [2.05, 4.69) is 23.3 Å². The summed E-state index contributed by atoms with van der Waals surface area (Å²) in [6, 6.07) is 7.74. The molecule has 1 N–H and O–H groups in total. The number of nitrogens with zero attached hydrogens (tertiary/aromatic N) is 1. The standard InChI is InChI=1S/C13H15ClN2O/c1-9-4-3-7-16-10(9)8-11(15-2)12-5-6-13(14)17-12/h3-7,11,15H,8H2,1-2H3. The van der Waals surface area contributed by atoms with Crippen LogP contribution >= 0.6 is 11.6 Å². The summed E-state index contributed by atoms with van der Waals surface area (Å²) in [6.07, 6.45) is 2.59. The van der Waals surface area contributed by atoms with Crippen LogP contribution in [0.4, 0.5) is 0 Å². The molecule has 0 radical (unpaired) electrons. The van der Waals surface area contributed by atoms with E-state index in [4.69, 9.17) is 16.0 Å². The first-order valence-corrected chi connectivity index (χ1v) is 5.91. The lowest BCUT2D eigenvalue weighted by atomic mass is 10.1. The van der Waals surface area contributed by atoms with Crippen molar-refractivity contribution in [3.05, 3.63) is 52.7 Å². The molecule has 3 nitrogen and oxygen atoms in total. The Kier molecular flexibility index (Phi) is 3.82. The lowest BCUT2D eigenvalue weighted by Gasteiger charge is -2.14. The number of nitrogens with one attached hydrogen (secondary N) is 1. The monoisotopic (exact) mass is 250 g/mol. The quantitative estimate of drug-likeness (QED) is 0.906. The number of furan rings is 1. The fourth-order valence-electron chi connectivity index (χ4n) is 1.79. The average Bonchev–Trinajstić information content (AvgIpc) is 2.75. The fraction of sp³-hybridized carbons (Fsp3) is 0.308. The molecule has 0 amide bonds. The van der Waals surface area contributed by atoms with E-state index in [1.54, 1.807) is 6.07 Å². The van der Waals surface area contributed by atoms with E-state index in [9.17, 15) is 0 Å². The Hall–Kier alpha value is -1.32. The molecule has 2 aromatic heterocycles. The molecule has 0 fully saturated rings. The Morgan fingerprint density at radius 2 is 2.24 bits per heavy atom. The molecule has 17 heavy (non-hydrogen) atoms. The third-order valence-electron chi connectivity index (χ3n) is 2.80. The largest absolute Gasteiger partial charge is 0.448 e. The maximum Gasteiger partial charge on any atom is 0.193 e. The van der Waals surface area contributed by atoms with Gasteiger partial charge in [0.2, 0.25) is 0 Å². The summed E-state index contributed by atoms with van der Waals surface area (Å²) >= 11 is 5.79. The predicted molar refractivity (Wildman–Crippen MR) is 68.2 cm³/mol. The zero-order valence-electron chi connectivity index (χ0n) is 9.90. The first-order valence-electron chi connectivity index (χ1n) is 5.53. The number of likely N-dealkylation sites (N-methyl/N-ethyl adjacent to an activating group) is 1. The average molecular weight is 251 g/mol. The van der Waals surface area contributed by atoms with Gasteiger partial charge in [-0.3, -0.25) is 4.98 Å². The highest BCUT2D eigenvalue weighted by atomic mass is 35.5. The number of halogens is 1. The van der Waals surface area contributed by atoms with Crippen molar-refractivity contribution in [3.8, 4) is 0 Å². The summed E-state index contributed by atoms with van der Waals surface area (Å²) in [5, 5.41) is 3.63. The molecule has 0 aliphatic carbocycles. The van der Waals surface area contributed by atoms with E-state index in [1.807, 2.05) is 25.4 Å². The van der Waals surface area contributed by atoms with Gasteiger partial charge in [-0.05, 0) is 49.3 Å². The summed E-state index contributed by atoms with van der Waals surface area (Å²) in [5.74, 6) is 0.836. The summed E-state index contributed by atoms with van der Waals surface area (Å²) in [4.78, 5) is 4.38. The molecule has 0 aliphatic heterocycles. The molecule has 0 bridgehead atoms. The first kappa shape index (κ1) is 12.1. The molecular formula is C13H15ClN2O. The summed E-state index contributed by atoms with van der Waals surface area (Å²) < 4.78 is 5.42. The van der Waals surface area contributed by atoms with Gasteiger partial charge in [0, 0.05) is 18.3 Å². The van der Waals surface area contributed by atoms with Gasteiger partial charge in [0.1, 0.15) is 5.76 Å². The second-order valence-electron chi connectivity index (χ2n) is 3.95. The van der Waals surface area contributed by atoms with Crippen LogP contribution in [-0.4, -0.2) is 12.0 Å². The Morgan fingerprint density at radius 3 is 2.82 bits per heavy atom. The Bertz CT molecular complexity index is 496. The van der Waals surface area contributed by atoms with Crippen molar-refractivity contribution in [2.24, 2.45) is 0 Å². The topological polar surface area (TPSA) is 38.1 Å². The van der Waals surface area contributed by atoms with E-state index in [0.29, 0.717) is 5.22 Å². The third-order valence-corrected chi connectivity index (χ3v) is 3.00. The molecule has 0 saturated heterocycles. The van der Waals surface area contributed by atoms with E-state index >= 15 is 0 Å².